The zero-order valence-corrected chi connectivity index (χ0v) is 12.3. The van der Waals surface area contributed by atoms with Gasteiger partial charge in [0.2, 0.25) is 0 Å². The summed E-state index contributed by atoms with van der Waals surface area (Å²) in [7, 11) is 0. The van der Waals surface area contributed by atoms with E-state index >= 15 is 0 Å². The van der Waals surface area contributed by atoms with Gasteiger partial charge in [-0.25, -0.2) is 0 Å². The summed E-state index contributed by atoms with van der Waals surface area (Å²) >= 11 is 0. The van der Waals surface area contributed by atoms with Gasteiger partial charge in [0, 0.05) is 31.2 Å². The molecule has 108 valence electrons. The third kappa shape index (κ3) is 3.56. The van der Waals surface area contributed by atoms with E-state index in [1.807, 2.05) is 30.3 Å². The number of piperazine rings is 1. The molecule has 2 aromatic rings. The molecule has 1 aliphatic rings. The summed E-state index contributed by atoms with van der Waals surface area (Å²) in [5.74, 6) is 1.35. The molecular weight excluding hydrogens is 276 g/mol. The van der Waals surface area contributed by atoms with E-state index < -0.39 is 0 Å². The van der Waals surface area contributed by atoms with E-state index in [2.05, 4.69) is 27.3 Å². The van der Waals surface area contributed by atoms with Crippen molar-refractivity contribution in [1.82, 2.24) is 20.4 Å². The summed E-state index contributed by atoms with van der Waals surface area (Å²) in [4.78, 5) is 6.81. The molecule has 0 saturated carbocycles. The Kier molecular flexibility index (Phi) is 5.11. The fourth-order valence-electron chi connectivity index (χ4n) is 2.37. The lowest BCUT2D eigenvalue weighted by molar-refractivity contribution is 0.193. The molecule has 0 bridgehead atoms. The summed E-state index contributed by atoms with van der Waals surface area (Å²) in [5.41, 5.74) is 0.968. The van der Waals surface area contributed by atoms with Crippen molar-refractivity contribution in [3.63, 3.8) is 0 Å². The van der Waals surface area contributed by atoms with Crippen LogP contribution >= 0.6 is 12.4 Å². The van der Waals surface area contributed by atoms with Crippen LogP contribution in [-0.4, -0.2) is 40.7 Å². The molecule has 1 saturated heterocycles. The molecule has 2 heterocycles. The predicted molar refractivity (Wildman–Crippen MR) is 79.7 cm³/mol. The van der Waals surface area contributed by atoms with Gasteiger partial charge >= 0.3 is 0 Å². The minimum atomic E-state index is 0. The van der Waals surface area contributed by atoms with Crippen molar-refractivity contribution in [2.24, 2.45) is 0 Å². The fraction of sp³-hybridized carbons (Fsp3) is 0.429. The highest BCUT2D eigenvalue weighted by atomic mass is 35.5. The molecule has 3 rings (SSSR count). The number of nitrogens with zero attached hydrogens (tertiary/aromatic N) is 3. The summed E-state index contributed by atoms with van der Waals surface area (Å²) in [6, 6.07) is 10.4. The lowest BCUT2D eigenvalue weighted by Gasteiger charge is -2.30. The van der Waals surface area contributed by atoms with Gasteiger partial charge in [0.05, 0.1) is 6.54 Å². The van der Waals surface area contributed by atoms with Gasteiger partial charge in [0.25, 0.3) is 5.89 Å². The standard InChI is InChI=1S/C14H18N4O.ClH/c1-11-9-18(8-7-15-11)10-13-16-14(19-17-13)12-5-3-2-4-6-12;/h2-6,11,15H,7-10H2,1H3;1H. The number of halogens is 1. The quantitative estimate of drug-likeness (QED) is 0.938. The second-order valence-electron chi connectivity index (χ2n) is 4.97. The smallest absolute Gasteiger partial charge is 0.257 e. The van der Waals surface area contributed by atoms with Crippen LogP contribution in [0.1, 0.15) is 12.7 Å². The molecule has 1 fully saturated rings. The molecule has 1 aromatic heterocycles. The summed E-state index contributed by atoms with van der Waals surface area (Å²) in [5, 5.41) is 7.49. The molecule has 1 atom stereocenters. The molecule has 1 unspecified atom stereocenters. The van der Waals surface area contributed by atoms with Crippen LogP contribution < -0.4 is 5.32 Å². The van der Waals surface area contributed by atoms with E-state index in [0.717, 1.165) is 37.6 Å². The van der Waals surface area contributed by atoms with Gasteiger partial charge in [-0.1, -0.05) is 23.4 Å². The monoisotopic (exact) mass is 294 g/mol. The number of rotatable bonds is 3. The van der Waals surface area contributed by atoms with Gasteiger partial charge in [0.1, 0.15) is 0 Å². The highest BCUT2D eigenvalue weighted by Crippen LogP contribution is 2.16. The molecule has 0 aliphatic carbocycles. The van der Waals surface area contributed by atoms with Crippen LogP contribution in [0.2, 0.25) is 0 Å². The minimum absolute atomic E-state index is 0. The number of hydrogen-bond acceptors (Lipinski definition) is 5. The number of aromatic nitrogens is 2. The first-order valence-electron chi connectivity index (χ1n) is 6.65. The molecule has 6 heteroatoms. The number of benzene rings is 1. The van der Waals surface area contributed by atoms with E-state index in [1.54, 1.807) is 0 Å². The molecule has 0 amide bonds. The second kappa shape index (κ2) is 6.83. The lowest BCUT2D eigenvalue weighted by Crippen LogP contribution is -2.48. The molecule has 20 heavy (non-hydrogen) atoms. The molecule has 1 aliphatic heterocycles. The van der Waals surface area contributed by atoms with Crippen LogP contribution in [-0.2, 0) is 6.54 Å². The Balaban J connectivity index is 0.00000147. The average Bonchev–Trinajstić information content (AvgIpc) is 2.88. The van der Waals surface area contributed by atoms with Crippen molar-refractivity contribution in [2.75, 3.05) is 19.6 Å². The van der Waals surface area contributed by atoms with Gasteiger partial charge in [-0.05, 0) is 19.1 Å². The van der Waals surface area contributed by atoms with E-state index in [0.29, 0.717) is 11.9 Å². The SMILES string of the molecule is CC1CN(Cc2noc(-c3ccccc3)n2)CCN1.Cl. The van der Waals surface area contributed by atoms with Crippen molar-refractivity contribution in [1.29, 1.82) is 0 Å². The van der Waals surface area contributed by atoms with E-state index in [-0.39, 0.29) is 12.4 Å². The summed E-state index contributed by atoms with van der Waals surface area (Å²) in [6.07, 6.45) is 0. The van der Waals surface area contributed by atoms with Crippen molar-refractivity contribution in [3.05, 3.63) is 36.2 Å². The highest BCUT2D eigenvalue weighted by Gasteiger charge is 2.18. The van der Waals surface area contributed by atoms with E-state index in [1.165, 1.54) is 0 Å². The second-order valence-corrected chi connectivity index (χ2v) is 4.97. The predicted octanol–water partition coefficient (Wildman–Crippen LogP) is 1.95. The molecule has 1 N–H and O–H groups in total. The first-order chi connectivity index (χ1) is 9.31. The van der Waals surface area contributed by atoms with Gasteiger partial charge in [-0.2, -0.15) is 4.98 Å². The average molecular weight is 295 g/mol. The van der Waals surface area contributed by atoms with Gasteiger partial charge in [-0.15, -0.1) is 12.4 Å². The Labute approximate surface area is 124 Å². The Hall–Kier alpha value is -1.43. The van der Waals surface area contributed by atoms with Crippen molar-refractivity contribution < 1.29 is 4.52 Å². The third-order valence-corrected chi connectivity index (χ3v) is 3.31. The maximum absolute atomic E-state index is 5.32. The Bertz CT molecular complexity index is 531. The maximum atomic E-state index is 5.32. The molecular formula is C14H19ClN4O. The number of nitrogens with one attached hydrogen (secondary N) is 1. The lowest BCUT2D eigenvalue weighted by atomic mass is 10.2. The highest BCUT2D eigenvalue weighted by molar-refractivity contribution is 5.85. The maximum Gasteiger partial charge on any atom is 0.257 e. The topological polar surface area (TPSA) is 54.2 Å². The van der Waals surface area contributed by atoms with Gasteiger partial charge < -0.3 is 9.84 Å². The Morgan fingerprint density at radius 1 is 1.35 bits per heavy atom. The zero-order chi connectivity index (χ0) is 13.1. The van der Waals surface area contributed by atoms with Crippen molar-refractivity contribution in [3.8, 4) is 11.5 Å². The number of hydrogen-bond donors (Lipinski definition) is 1. The zero-order valence-electron chi connectivity index (χ0n) is 11.5. The molecule has 0 spiro atoms. The van der Waals surface area contributed by atoms with E-state index in [9.17, 15) is 0 Å². The van der Waals surface area contributed by atoms with Crippen molar-refractivity contribution in [2.45, 2.75) is 19.5 Å². The minimum Gasteiger partial charge on any atom is -0.334 e. The van der Waals surface area contributed by atoms with Gasteiger partial charge in [0.15, 0.2) is 5.82 Å². The first-order valence-corrected chi connectivity index (χ1v) is 6.65. The van der Waals surface area contributed by atoms with Gasteiger partial charge in [-0.3, -0.25) is 4.90 Å². The van der Waals surface area contributed by atoms with Crippen LogP contribution in [0.25, 0.3) is 11.5 Å². The Morgan fingerprint density at radius 3 is 2.90 bits per heavy atom. The first kappa shape index (κ1) is 15.0. The fourth-order valence-corrected chi connectivity index (χ4v) is 2.37. The molecule has 1 aromatic carbocycles. The van der Waals surface area contributed by atoms with Crippen LogP contribution in [0.3, 0.4) is 0 Å². The summed E-state index contributed by atoms with van der Waals surface area (Å²) in [6.45, 7) is 6.01. The van der Waals surface area contributed by atoms with E-state index in [4.69, 9.17) is 4.52 Å². The Morgan fingerprint density at radius 2 is 2.15 bits per heavy atom. The normalized spacial score (nSPS) is 19.6. The molecule has 0 radical (unpaired) electrons. The van der Waals surface area contributed by atoms with Crippen molar-refractivity contribution >= 4 is 12.4 Å². The van der Waals surface area contributed by atoms with Crippen LogP contribution in [0, 0.1) is 0 Å². The van der Waals surface area contributed by atoms with Crippen LogP contribution in [0.5, 0.6) is 0 Å². The summed E-state index contributed by atoms with van der Waals surface area (Å²) < 4.78 is 5.32. The van der Waals surface area contributed by atoms with Crippen LogP contribution in [0.15, 0.2) is 34.9 Å². The third-order valence-electron chi connectivity index (χ3n) is 3.31. The van der Waals surface area contributed by atoms with Crippen LogP contribution in [0.4, 0.5) is 0 Å². The largest absolute Gasteiger partial charge is 0.334 e. The molecule has 5 nitrogen and oxygen atoms in total.